The van der Waals surface area contributed by atoms with Crippen LogP contribution in [-0.2, 0) is 10.2 Å². The fraction of sp³-hybridized carbons (Fsp3) is 0.478. The van der Waals surface area contributed by atoms with Crippen molar-refractivity contribution in [2.24, 2.45) is 0 Å². The smallest absolute Gasteiger partial charge is 0.147 e. The largest absolute Gasteiger partial charge is 0.488 e. The zero-order chi connectivity index (χ0) is 24.3. The second kappa shape index (κ2) is 12.2. The summed E-state index contributed by atoms with van der Waals surface area (Å²) in [5.41, 5.74) is 2.18. The lowest BCUT2D eigenvalue weighted by Gasteiger charge is -2.28. The van der Waals surface area contributed by atoms with Gasteiger partial charge in [-0.1, -0.05) is 13.8 Å². The molecule has 1 heterocycles. The Labute approximate surface area is 237 Å². The summed E-state index contributed by atoms with van der Waals surface area (Å²) in [6.07, 6.45) is 3.64. The van der Waals surface area contributed by atoms with Crippen molar-refractivity contribution >= 4 is 87.2 Å². The van der Waals surface area contributed by atoms with E-state index < -0.39 is 6.10 Å². The molecule has 3 rings (SSSR count). The Kier molecular flexibility index (Phi) is 10.4. The van der Waals surface area contributed by atoms with Crippen molar-refractivity contribution in [2.75, 3.05) is 31.5 Å². The van der Waals surface area contributed by atoms with Crippen LogP contribution in [0.4, 0.5) is 0 Å². The third kappa shape index (κ3) is 7.08. The summed E-state index contributed by atoms with van der Waals surface area (Å²) < 4.78 is 20.9. The van der Waals surface area contributed by atoms with Gasteiger partial charge in [-0.15, -0.1) is 11.8 Å². The summed E-state index contributed by atoms with van der Waals surface area (Å²) >= 11 is 18.0. The zero-order valence-electron chi connectivity index (χ0n) is 18.7. The number of ether oxygens (including phenoxy) is 3. The maximum atomic E-state index is 9.99. The number of aliphatic hydroxyl groups is 1. The third-order valence-electron chi connectivity index (χ3n) is 5.38. The second-order valence-electron chi connectivity index (χ2n) is 8.17. The molecular formula is C23H26Br4O4S2. The maximum Gasteiger partial charge on any atom is 0.147 e. The van der Waals surface area contributed by atoms with Gasteiger partial charge in [0, 0.05) is 11.2 Å². The lowest BCUT2D eigenvalue weighted by molar-refractivity contribution is 0.125. The zero-order valence-corrected chi connectivity index (χ0v) is 26.6. The summed E-state index contributed by atoms with van der Waals surface area (Å²) in [5, 5.41) is 9.99. The van der Waals surface area contributed by atoms with Crippen LogP contribution in [0, 0.1) is 0 Å². The highest BCUT2D eigenvalue weighted by Crippen LogP contribution is 2.44. The Morgan fingerprint density at radius 3 is 1.85 bits per heavy atom. The Balaban J connectivity index is 1.80. The minimum Gasteiger partial charge on any atom is -0.488 e. The lowest BCUT2D eigenvalue weighted by atomic mass is 9.78. The predicted octanol–water partition coefficient (Wildman–Crippen LogP) is 7.63. The first-order chi connectivity index (χ1) is 15.6. The molecule has 33 heavy (non-hydrogen) atoms. The van der Waals surface area contributed by atoms with Crippen molar-refractivity contribution in [1.29, 1.82) is 0 Å². The van der Waals surface area contributed by atoms with Gasteiger partial charge < -0.3 is 19.3 Å². The van der Waals surface area contributed by atoms with E-state index in [0.29, 0.717) is 18.1 Å². The first kappa shape index (κ1) is 28.2. The van der Waals surface area contributed by atoms with Crippen LogP contribution in [0.25, 0.3) is 0 Å². The number of aliphatic hydroxyl groups excluding tert-OH is 1. The third-order valence-corrected chi connectivity index (χ3v) is 9.33. The Hall–Kier alpha value is 0.580. The van der Waals surface area contributed by atoms with Crippen LogP contribution in [0.15, 0.2) is 42.2 Å². The van der Waals surface area contributed by atoms with E-state index in [-0.39, 0.29) is 23.6 Å². The molecule has 1 aliphatic heterocycles. The van der Waals surface area contributed by atoms with Gasteiger partial charge in [0.05, 0.1) is 24.0 Å². The van der Waals surface area contributed by atoms with Crippen molar-refractivity contribution in [3.05, 3.63) is 53.3 Å². The SMILES string of the molecule is CSCC(O)COc1c(Br)cc(C(C)(C)c2cc(Br)c(OCC3OC3SC)c(Br)c2)cc1Br. The second-order valence-corrected chi connectivity index (χ2v) is 13.4. The lowest BCUT2D eigenvalue weighted by Crippen LogP contribution is -2.21. The quantitative estimate of drug-likeness (QED) is 0.239. The van der Waals surface area contributed by atoms with Crippen LogP contribution in [0.1, 0.15) is 25.0 Å². The molecule has 4 nitrogen and oxygen atoms in total. The molecule has 0 radical (unpaired) electrons. The summed E-state index contributed by atoms with van der Waals surface area (Å²) in [6, 6.07) is 8.34. The molecule has 182 valence electrons. The summed E-state index contributed by atoms with van der Waals surface area (Å²) in [5.74, 6) is 2.10. The topological polar surface area (TPSA) is 51.2 Å². The first-order valence-corrected chi connectivity index (χ1v) is 16.0. The van der Waals surface area contributed by atoms with Crippen molar-refractivity contribution in [3.63, 3.8) is 0 Å². The van der Waals surface area contributed by atoms with Gasteiger partial charge in [-0.25, -0.2) is 0 Å². The Bertz CT molecular complexity index is 879. The van der Waals surface area contributed by atoms with Crippen LogP contribution in [0.3, 0.4) is 0 Å². The maximum absolute atomic E-state index is 9.99. The van der Waals surface area contributed by atoms with Crippen molar-refractivity contribution in [3.8, 4) is 11.5 Å². The summed E-state index contributed by atoms with van der Waals surface area (Å²) in [4.78, 5) is 0. The Morgan fingerprint density at radius 1 is 0.939 bits per heavy atom. The molecular weight excluding hydrogens is 724 g/mol. The van der Waals surface area contributed by atoms with Gasteiger partial charge in [-0.3, -0.25) is 0 Å². The fourth-order valence-electron chi connectivity index (χ4n) is 3.32. The minimum absolute atomic E-state index is 0.146. The molecule has 1 fully saturated rings. The van der Waals surface area contributed by atoms with Crippen LogP contribution in [-0.4, -0.2) is 54.2 Å². The molecule has 0 amide bonds. The molecule has 3 unspecified atom stereocenters. The number of rotatable bonds is 11. The van der Waals surface area contributed by atoms with E-state index >= 15 is 0 Å². The van der Waals surface area contributed by atoms with E-state index in [1.54, 1.807) is 23.5 Å². The van der Waals surface area contributed by atoms with Gasteiger partial charge in [0.25, 0.3) is 0 Å². The van der Waals surface area contributed by atoms with Crippen molar-refractivity contribution < 1.29 is 19.3 Å². The van der Waals surface area contributed by atoms with Crippen LogP contribution in [0.5, 0.6) is 11.5 Å². The highest BCUT2D eigenvalue weighted by Gasteiger charge is 2.39. The molecule has 2 aromatic rings. The van der Waals surface area contributed by atoms with Gasteiger partial charge in [0.2, 0.25) is 0 Å². The number of benzene rings is 2. The molecule has 10 heteroatoms. The van der Waals surface area contributed by atoms with Gasteiger partial charge >= 0.3 is 0 Å². The first-order valence-electron chi connectivity index (χ1n) is 10.2. The molecule has 1 saturated heterocycles. The number of hydrogen-bond donors (Lipinski definition) is 1. The van der Waals surface area contributed by atoms with Gasteiger partial charge in [-0.05, 0) is 112 Å². The standard InChI is InChI=1S/C23H26Br4O4S2/c1-23(2,12-5-15(24)20(16(25)6-12)29-9-14(28)11-32-3)13-7-17(26)21(18(27)8-13)30-10-19-22(31-19)33-4/h5-8,14,19,22,28H,9-11H2,1-4H3. The molecule has 2 aromatic carbocycles. The normalized spacial score (nSPS) is 18.8. The van der Waals surface area contributed by atoms with Gasteiger partial charge in [0.1, 0.15) is 36.3 Å². The van der Waals surface area contributed by atoms with E-state index in [2.05, 4.69) is 102 Å². The number of hydrogen-bond acceptors (Lipinski definition) is 6. The van der Waals surface area contributed by atoms with Gasteiger partial charge in [0.15, 0.2) is 0 Å². The van der Waals surface area contributed by atoms with E-state index in [1.165, 1.54) is 0 Å². The molecule has 0 bridgehead atoms. The molecule has 1 N–H and O–H groups in total. The Morgan fingerprint density at radius 2 is 1.42 bits per heavy atom. The number of epoxide rings is 1. The minimum atomic E-state index is -0.511. The van der Waals surface area contributed by atoms with E-state index in [0.717, 1.165) is 34.8 Å². The van der Waals surface area contributed by atoms with E-state index in [1.807, 2.05) is 12.5 Å². The molecule has 1 aliphatic rings. The number of halogens is 4. The molecule has 0 saturated carbocycles. The molecule has 0 aliphatic carbocycles. The number of thioether (sulfide) groups is 2. The monoisotopic (exact) mass is 746 g/mol. The van der Waals surface area contributed by atoms with E-state index in [4.69, 9.17) is 14.2 Å². The predicted molar refractivity (Wildman–Crippen MR) is 153 cm³/mol. The van der Waals surface area contributed by atoms with Crippen molar-refractivity contribution in [1.82, 2.24) is 0 Å². The van der Waals surface area contributed by atoms with Crippen LogP contribution >= 0.6 is 87.2 Å². The summed E-state index contributed by atoms with van der Waals surface area (Å²) in [7, 11) is 0. The van der Waals surface area contributed by atoms with Crippen LogP contribution < -0.4 is 9.47 Å². The highest BCUT2D eigenvalue weighted by molar-refractivity contribution is 9.11. The molecule has 3 atom stereocenters. The average molecular weight is 750 g/mol. The molecule has 0 spiro atoms. The van der Waals surface area contributed by atoms with Gasteiger partial charge in [-0.2, -0.15) is 11.8 Å². The highest BCUT2D eigenvalue weighted by atomic mass is 79.9. The van der Waals surface area contributed by atoms with E-state index in [9.17, 15) is 5.11 Å². The van der Waals surface area contributed by atoms with Crippen LogP contribution in [0.2, 0.25) is 0 Å². The average Bonchev–Trinajstić information content (AvgIpc) is 3.51. The summed E-state index contributed by atoms with van der Waals surface area (Å²) in [6.45, 7) is 5.13. The fourth-order valence-corrected chi connectivity index (χ4v) is 7.27. The molecule has 0 aromatic heterocycles. The van der Waals surface area contributed by atoms with Crippen molar-refractivity contribution in [2.45, 2.75) is 36.9 Å².